The normalized spacial score (nSPS) is 16.6. The van der Waals surface area contributed by atoms with Crippen LogP contribution >= 0.6 is 12.2 Å². The lowest BCUT2D eigenvalue weighted by Crippen LogP contribution is -2.09. The maximum absolute atomic E-state index is 14.0. The van der Waals surface area contributed by atoms with E-state index < -0.39 is 29.3 Å². The summed E-state index contributed by atoms with van der Waals surface area (Å²) in [5.41, 5.74) is 1.09. The van der Waals surface area contributed by atoms with E-state index in [4.69, 9.17) is 17.3 Å². The van der Waals surface area contributed by atoms with Gasteiger partial charge < -0.3 is 14.7 Å². The minimum Gasteiger partial charge on any atom is -0.481 e. The number of aromatic nitrogens is 2. The summed E-state index contributed by atoms with van der Waals surface area (Å²) in [4.78, 5) is 13.6. The third-order valence-electron chi connectivity index (χ3n) is 4.10. The number of aromatic amines is 1. The van der Waals surface area contributed by atoms with Gasteiger partial charge in [0, 0.05) is 29.4 Å². The first kappa shape index (κ1) is 15.8. The van der Waals surface area contributed by atoms with Crippen LogP contribution in [-0.2, 0) is 24.2 Å². The third kappa shape index (κ3) is 2.78. The first-order chi connectivity index (χ1) is 10.9. The van der Waals surface area contributed by atoms with Gasteiger partial charge in [-0.25, -0.2) is 13.2 Å². The van der Waals surface area contributed by atoms with E-state index in [9.17, 15) is 18.0 Å². The monoisotopic (exact) mass is 342 g/mol. The number of imidazole rings is 1. The highest BCUT2D eigenvalue weighted by Gasteiger charge is 2.31. The van der Waals surface area contributed by atoms with Crippen LogP contribution in [0.2, 0.25) is 0 Å². The molecule has 3 rings (SSSR count). The molecule has 4 nitrogen and oxygen atoms in total. The summed E-state index contributed by atoms with van der Waals surface area (Å²) in [6, 6.07) is 1.67. The Bertz CT molecular complexity index is 844. The number of halogens is 3. The molecule has 0 saturated carbocycles. The summed E-state index contributed by atoms with van der Waals surface area (Å²) in [5, 5.41) is 8.78. The smallest absolute Gasteiger partial charge is 0.303 e. The molecule has 0 bridgehead atoms. The first-order valence-electron chi connectivity index (χ1n) is 7.04. The Morgan fingerprint density at radius 2 is 2.04 bits per heavy atom. The molecule has 1 atom stereocenters. The van der Waals surface area contributed by atoms with Crippen LogP contribution in [0.4, 0.5) is 13.2 Å². The van der Waals surface area contributed by atoms with Crippen molar-refractivity contribution in [3.05, 3.63) is 51.3 Å². The Morgan fingerprint density at radius 1 is 1.35 bits per heavy atom. The zero-order chi connectivity index (χ0) is 16.7. The Balaban J connectivity index is 1.94. The van der Waals surface area contributed by atoms with Crippen molar-refractivity contribution in [1.82, 2.24) is 9.55 Å². The topological polar surface area (TPSA) is 58.0 Å². The fourth-order valence-electron chi connectivity index (χ4n) is 3.05. The van der Waals surface area contributed by atoms with Gasteiger partial charge in [-0.1, -0.05) is 0 Å². The molecule has 0 unspecified atom stereocenters. The van der Waals surface area contributed by atoms with E-state index in [0.29, 0.717) is 10.5 Å². The van der Waals surface area contributed by atoms with Crippen LogP contribution in [0.25, 0.3) is 0 Å². The molecule has 2 heterocycles. The molecule has 0 amide bonds. The molecule has 0 aliphatic carbocycles. The summed E-state index contributed by atoms with van der Waals surface area (Å²) in [6.07, 6.45) is 0.456. The van der Waals surface area contributed by atoms with Gasteiger partial charge in [-0.05, 0) is 37.2 Å². The molecular weight excluding hydrogens is 329 g/mol. The molecule has 1 aliphatic rings. The highest BCUT2D eigenvalue weighted by atomic mass is 32.1. The molecule has 0 radical (unpaired) electrons. The van der Waals surface area contributed by atoms with E-state index in [0.717, 1.165) is 17.8 Å². The maximum Gasteiger partial charge on any atom is 0.303 e. The van der Waals surface area contributed by atoms with Crippen molar-refractivity contribution in [3.63, 3.8) is 0 Å². The number of H-pyrrole nitrogens is 1. The Morgan fingerprint density at radius 3 is 2.74 bits per heavy atom. The van der Waals surface area contributed by atoms with Crippen molar-refractivity contribution >= 4 is 18.2 Å². The number of fused-ring (bicyclic) bond motifs is 1. The molecule has 0 fully saturated rings. The number of rotatable bonds is 4. The van der Waals surface area contributed by atoms with E-state index in [-0.39, 0.29) is 31.4 Å². The van der Waals surface area contributed by atoms with Gasteiger partial charge >= 0.3 is 5.97 Å². The van der Waals surface area contributed by atoms with Gasteiger partial charge in [-0.3, -0.25) is 4.79 Å². The maximum atomic E-state index is 14.0. The Hall–Kier alpha value is -2.09. The van der Waals surface area contributed by atoms with E-state index >= 15 is 0 Å². The lowest BCUT2D eigenvalue weighted by Gasteiger charge is -2.12. The van der Waals surface area contributed by atoms with Crippen LogP contribution in [0, 0.1) is 22.2 Å². The van der Waals surface area contributed by atoms with Gasteiger partial charge in [0.2, 0.25) is 0 Å². The summed E-state index contributed by atoms with van der Waals surface area (Å²) >= 11 is 5.17. The molecular formula is C15H13F3N2O2S. The summed E-state index contributed by atoms with van der Waals surface area (Å²) in [7, 11) is 0. The average Bonchev–Trinajstić information content (AvgIpc) is 3.03. The van der Waals surface area contributed by atoms with Gasteiger partial charge in [-0.15, -0.1) is 0 Å². The van der Waals surface area contributed by atoms with Crippen LogP contribution in [0.5, 0.6) is 0 Å². The second-order valence-corrected chi connectivity index (χ2v) is 5.90. The van der Waals surface area contributed by atoms with Crippen molar-refractivity contribution in [2.24, 2.45) is 0 Å². The van der Waals surface area contributed by atoms with Crippen LogP contribution in [0.3, 0.4) is 0 Å². The Labute approximate surface area is 134 Å². The number of nitrogens with zero attached hydrogens (tertiary/aromatic N) is 1. The van der Waals surface area contributed by atoms with E-state index in [1.54, 1.807) is 4.57 Å². The lowest BCUT2D eigenvalue weighted by molar-refractivity contribution is -0.136. The van der Waals surface area contributed by atoms with E-state index in [2.05, 4.69) is 4.98 Å². The Kier molecular flexibility index (Phi) is 4.01. The summed E-state index contributed by atoms with van der Waals surface area (Å²) < 4.78 is 43.4. The number of nitrogens with one attached hydrogen (secondary N) is 1. The minimum absolute atomic E-state index is 0.0738. The van der Waals surface area contributed by atoms with Gasteiger partial charge in [0.25, 0.3) is 0 Å². The van der Waals surface area contributed by atoms with E-state index in [1.165, 1.54) is 0 Å². The van der Waals surface area contributed by atoms with Crippen LogP contribution in [0.1, 0.15) is 29.3 Å². The van der Waals surface area contributed by atoms with Crippen LogP contribution in [-0.4, -0.2) is 20.6 Å². The second-order valence-electron chi connectivity index (χ2n) is 5.52. The number of carbonyl (C=O) groups is 1. The van der Waals surface area contributed by atoms with E-state index in [1.807, 2.05) is 0 Å². The standard InChI is InChI=1S/C15H13F3N2O2S/c16-8-1-2-9(17)14(18)13(8)7-5-11-10(3-4-12(21)22)19-15(23)20(11)6-7/h1-2,7H,3-6H2,(H,19,23)(H,21,22)/t7-/m0/s1. The number of hydrogen-bond donors (Lipinski definition) is 2. The quantitative estimate of drug-likeness (QED) is 0.662. The molecule has 122 valence electrons. The zero-order valence-corrected chi connectivity index (χ0v) is 12.7. The largest absolute Gasteiger partial charge is 0.481 e. The number of aryl methyl sites for hydroxylation is 1. The van der Waals surface area contributed by atoms with Crippen molar-refractivity contribution in [2.45, 2.75) is 31.7 Å². The molecule has 8 heteroatoms. The zero-order valence-electron chi connectivity index (χ0n) is 11.9. The van der Waals surface area contributed by atoms with Crippen molar-refractivity contribution < 1.29 is 23.1 Å². The molecule has 0 saturated heterocycles. The van der Waals surface area contributed by atoms with Gasteiger partial charge in [0.05, 0.1) is 6.42 Å². The van der Waals surface area contributed by atoms with Crippen molar-refractivity contribution in [1.29, 1.82) is 0 Å². The molecule has 2 aromatic rings. The third-order valence-corrected chi connectivity index (χ3v) is 4.42. The van der Waals surface area contributed by atoms with Crippen LogP contribution < -0.4 is 0 Å². The number of benzene rings is 1. The molecule has 1 aromatic carbocycles. The number of hydrogen-bond acceptors (Lipinski definition) is 2. The SMILES string of the molecule is O=C(O)CCc1[nH]c(=S)n2c1C[C@H](c1c(F)ccc(F)c1F)C2. The molecule has 1 aliphatic heterocycles. The number of aliphatic carboxylic acids is 1. The first-order valence-corrected chi connectivity index (χ1v) is 7.45. The molecule has 2 N–H and O–H groups in total. The lowest BCUT2D eigenvalue weighted by atomic mass is 9.95. The summed E-state index contributed by atoms with van der Waals surface area (Å²) in [5.74, 6) is -4.57. The minimum atomic E-state index is -1.18. The number of carboxylic acid groups (broad SMARTS) is 1. The predicted molar refractivity (Wildman–Crippen MR) is 78.3 cm³/mol. The van der Waals surface area contributed by atoms with Crippen molar-refractivity contribution in [3.8, 4) is 0 Å². The second kappa shape index (κ2) is 5.84. The number of carboxylic acids is 1. The van der Waals surface area contributed by atoms with Gasteiger partial charge in [0.1, 0.15) is 5.82 Å². The molecule has 23 heavy (non-hydrogen) atoms. The van der Waals surface area contributed by atoms with Gasteiger partial charge in [-0.2, -0.15) is 0 Å². The fraction of sp³-hybridized carbons (Fsp3) is 0.333. The molecule has 0 spiro atoms. The summed E-state index contributed by atoms with van der Waals surface area (Å²) in [6.45, 7) is 0.231. The average molecular weight is 342 g/mol. The van der Waals surface area contributed by atoms with Gasteiger partial charge in [0.15, 0.2) is 16.4 Å². The predicted octanol–water partition coefficient (Wildman–Crippen LogP) is 3.32. The highest BCUT2D eigenvalue weighted by Crippen LogP contribution is 2.35. The van der Waals surface area contributed by atoms with Crippen molar-refractivity contribution in [2.75, 3.05) is 0 Å². The van der Waals surface area contributed by atoms with Crippen LogP contribution in [0.15, 0.2) is 12.1 Å². The highest BCUT2D eigenvalue weighted by molar-refractivity contribution is 7.71. The molecule has 1 aromatic heterocycles. The fourth-order valence-corrected chi connectivity index (χ4v) is 3.36.